The number of guanidine groups is 1. The first-order valence-corrected chi connectivity index (χ1v) is 9.60. The van der Waals surface area contributed by atoms with Gasteiger partial charge in [-0.15, -0.1) is 0 Å². The van der Waals surface area contributed by atoms with Crippen molar-refractivity contribution in [1.29, 1.82) is 0 Å². The summed E-state index contributed by atoms with van der Waals surface area (Å²) in [5.41, 5.74) is 1.21. The molecule has 146 valence electrons. The van der Waals surface area contributed by atoms with E-state index in [9.17, 15) is 0 Å². The van der Waals surface area contributed by atoms with Crippen LogP contribution in [0.3, 0.4) is 0 Å². The maximum absolute atomic E-state index is 5.37. The molecule has 0 unspecified atom stereocenters. The standard InChI is InChI=1S/C20H34N4O2/c1-5-12-24-13-9-17(10-14-24)23-20(21-2)22-11-8-16-6-7-18(25-3)19(15-16)26-4/h6-7,15,17H,5,8-14H2,1-4H3,(H2,21,22,23). The van der Waals surface area contributed by atoms with Gasteiger partial charge in [-0.1, -0.05) is 13.0 Å². The van der Waals surface area contributed by atoms with E-state index < -0.39 is 0 Å². The van der Waals surface area contributed by atoms with Gasteiger partial charge in [-0.3, -0.25) is 4.99 Å². The third kappa shape index (κ3) is 6.09. The van der Waals surface area contributed by atoms with Crippen LogP contribution >= 0.6 is 0 Å². The molecule has 1 saturated heterocycles. The third-order valence-electron chi connectivity index (χ3n) is 4.85. The van der Waals surface area contributed by atoms with Crippen molar-refractivity contribution < 1.29 is 9.47 Å². The molecule has 1 heterocycles. The Balaban J connectivity index is 1.75. The lowest BCUT2D eigenvalue weighted by Crippen LogP contribution is -2.49. The molecule has 0 bridgehead atoms. The molecule has 1 aromatic carbocycles. The number of ether oxygens (including phenoxy) is 2. The largest absolute Gasteiger partial charge is 0.493 e. The number of hydrogen-bond donors (Lipinski definition) is 2. The molecule has 1 aromatic rings. The molecule has 0 atom stereocenters. The van der Waals surface area contributed by atoms with E-state index in [1.54, 1.807) is 14.2 Å². The Labute approximate surface area is 158 Å². The van der Waals surface area contributed by atoms with Crippen molar-refractivity contribution in [2.24, 2.45) is 4.99 Å². The molecule has 2 rings (SSSR count). The molecule has 26 heavy (non-hydrogen) atoms. The number of aliphatic imine (C=N–C) groups is 1. The highest BCUT2D eigenvalue weighted by Gasteiger charge is 2.19. The van der Waals surface area contributed by atoms with E-state index in [1.807, 2.05) is 19.2 Å². The minimum atomic E-state index is 0.510. The van der Waals surface area contributed by atoms with Crippen molar-refractivity contribution in [1.82, 2.24) is 15.5 Å². The molecule has 0 aliphatic carbocycles. The zero-order valence-corrected chi connectivity index (χ0v) is 16.7. The van der Waals surface area contributed by atoms with Crippen molar-refractivity contribution in [2.45, 2.75) is 38.6 Å². The topological polar surface area (TPSA) is 58.1 Å². The molecule has 0 amide bonds. The number of likely N-dealkylation sites (tertiary alicyclic amines) is 1. The van der Waals surface area contributed by atoms with Gasteiger partial charge in [0.2, 0.25) is 0 Å². The first-order chi connectivity index (χ1) is 12.7. The summed E-state index contributed by atoms with van der Waals surface area (Å²) in [5, 5.41) is 6.98. The Morgan fingerprint density at radius 3 is 2.54 bits per heavy atom. The van der Waals surface area contributed by atoms with Gasteiger partial charge in [-0.25, -0.2) is 0 Å². The molecule has 2 N–H and O–H groups in total. The predicted molar refractivity (Wildman–Crippen MR) is 108 cm³/mol. The van der Waals surface area contributed by atoms with E-state index in [-0.39, 0.29) is 0 Å². The second-order valence-electron chi connectivity index (χ2n) is 6.70. The summed E-state index contributed by atoms with van der Waals surface area (Å²) < 4.78 is 10.7. The SMILES string of the molecule is CCCN1CCC(NC(=NC)NCCc2ccc(OC)c(OC)c2)CC1. The summed E-state index contributed by atoms with van der Waals surface area (Å²) in [6.07, 6.45) is 4.49. The Kier molecular flexibility index (Phi) is 8.54. The van der Waals surface area contributed by atoms with Crippen LogP contribution in [0.2, 0.25) is 0 Å². The third-order valence-corrected chi connectivity index (χ3v) is 4.85. The number of piperidine rings is 1. The van der Waals surface area contributed by atoms with Crippen LogP contribution in [-0.4, -0.2) is 64.3 Å². The molecule has 0 radical (unpaired) electrons. The highest BCUT2D eigenvalue weighted by atomic mass is 16.5. The van der Waals surface area contributed by atoms with Gasteiger partial charge < -0.3 is 25.0 Å². The summed E-state index contributed by atoms with van der Waals surface area (Å²) in [5.74, 6) is 2.42. The molecule has 0 aromatic heterocycles. The molecule has 0 spiro atoms. The van der Waals surface area contributed by atoms with Gasteiger partial charge in [-0.05, 0) is 49.9 Å². The molecular weight excluding hydrogens is 328 g/mol. The minimum absolute atomic E-state index is 0.510. The zero-order valence-electron chi connectivity index (χ0n) is 16.7. The maximum Gasteiger partial charge on any atom is 0.191 e. The fourth-order valence-corrected chi connectivity index (χ4v) is 3.37. The van der Waals surface area contributed by atoms with E-state index in [0.29, 0.717) is 6.04 Å². The molecule has 1 fully saturated rings. The molecule has 6 heteroatoms. The molecule has 1 aliphatic heterocycles. The van der Waals surface area contributed by atoms with Crippen molar-refractivity contribution >= 4 is 5.96 Å². The van der Waals surface area contributed by atoms with Gasteiger partial charge in [0.05, 0.1) is 14.2 Å². The first kappa shape index (κ1) is 20.4. The summed E-state index contributed by atoms with van der Waals surface area (Å²) >= 11 is 0. The summed E-state index contributed by atoms with van der Waals surface area (Å²) in [6, 6.07) is 6.56. The van der Waals surface area contributed by atoms with E-state index >= 15 is 0 Å². The lowest BCUT2D eigenvalue weighted by Gasteiger charge is -2.32. The second-order valence-corrected chi connectivity index (χ2v) is 6.70. The van der Waals surface area contributed by atoms with Crippen LogP contribution in [-0.2, 0) is 6.42 Å². The van der Waals surface area contributed by atoms with Crippen LogP contribution in [0.1, 0.15) is 31.7 Å². The number of methoxy groups -OCH3 is 2. The molecule has 1 aliphatic rings. The van der Waals surface area contributed by atoms with Gasteiger partial charge >= 0.3 is 0 Å². The number of nitrogens with one attached hydrogen (secondary N) is 2. The van der Waals surface area contributed by atoms with Gasteiger partial charge in [0, 0.05) is 32.7 Å². The maximum atomic E-state index is 5.37. The Bertz CT molecular complexity index is 569. The second kappa shape index (κ2) is 10.9. The van der Waals surface area contributed by atoms with Crippen LogP contribution in [0, 0.1) is 0 Å². The van der Waals surface area contributed by atoms with Crippen molar-refractivity contribution in [3.05, 3.63) is 23.8 Å². The predicted octanol–water partition coefficient (Wildman–Crippen LogP) is 2.29. The van der Waals surface area contributed by atoms with Crippen molar-refractivity contribution in [3.63, 3.8) is 0 Å². The fourth-order valence-electron chi connectivity index (χ4n) is 3.37. The van der Waals surface area contributed by atoms with Crippen molar-refractivity contribution in [3.8, 4) is 11.5 Å². The van der Waals surface area contributed by atoms with Gasteiger partial charge in [-0.2, -0.15) is 0 Å². The normalized spacial score (nSPS) is 16.4. The average Bonchev–Trinajstić information content (AvgIpc) is 2.68. The summed E-state index contributed by atoms with van der Waals surface area (Å²) in [4.78, 5) is 6.91. The van der Waals surface area contributed by atoms with Gasteiger partial charge in [0.15, 0.2) is 17.5 Å². The monoisotopic (exact) mass is 362 g/mol. The lowest BCUT2D eigenvalue weighted by molar-refractivity contribution is 0.206. The highest BCUT2D eigenvalue weighted by Crippen LogP contribution is 2.27. The average molecular weight is 363 g/mol. The first-order valence-electron chi connectivity index (χ1n) is 9.60. The zero-order chi connectivity index (χ0) is 18.8. The quantitative estimate of drug-likeness (QED) is 0.549. The fraction of sp³-hybridized carbons (Fsp3) is 0.650. The Morgan fingerprint density at radius 2 is 1.92 bits per heavy atom. The lowest BCUT2D eigenvalue weighted by atomic mass is 10.1. The Hall–Kier alpha value is -1.95. The van der Waals surface area contributed by atoms with Crippen LogP contribution in [0.25, 0.3) is 0 Å². The number of rotatable bonds is 8. The van der Waals surface area contributed by atoms with Crippen LogP contribution < -0.4 is 20.1 Å². The van der Waals surface area contributed by atoms with E-state index in [0.717, 1.165) is 30.4 Å². The van der Waals surface area contributed by atoms with Crippen molar-refractivity contribution in [2.75, 3.05) is 47.4 Å². The summed E-state index contributed by atoms with van der Waals surface area (Å²) in [6.45, 7) is 6.63. The van der Waals surface area contributed by atoms with Gasteiger partial charge in [0.1, 0.15) is 0 Å². The molecular formula is C20H34N4O2. The number of benzene rings is 1. The highest BCUT2D eigenvalue weighted by molar-refractivity contribution is 5.79. The van der Waals surface area contributed by atoms with E-state index in [1.165, 1.54) is 44.5 Å². The van der Waals surface area contributed by atoms with Crippen LogP contribution in [0.4, 0.5) is 0 Å². The smallest absolute Gasteiger partial charge is 0.191 e. The van der Waals surface area contributed by atoms with E-state index in [4.69, 9.17) is 9.47 Å². The van der Waals surface area contributed by atoms with Crippen LogP contribution in [0.15, 0.2) is 23.2 Å². The molecule has 0 saturated carbocycles. The van der Waals surface area contributed by atoms with Crippen LogP contribution in [0.5, 0.6) is 11.5 Å². The Morgan fingerprint density at radius 1 is 1.19 bits per heavy atom. The number of nitrogens with zero attached hydrogens (tertiary/aromatic N) is 2. The number of hydrogen-bond acceptors (Lipinski definition) is 4. The summed E-state index contributed by atoms with van der Waals surface area (Å²) in [7, 11) is 5.15. The van der Waals surface area contributed by atoms with E-state index in [2.05, 4.69) is 33.5 Å². The van der Waals surface area contributed by atoms with Gasteiger partial charge in [0.25, 0.3) is 0 Å². The molecule has 6 nitrogen and oxygen atoms in total. The minimum Gasteiger partial charge on any atom is -0.493 e.